The Labute approximate surface area is 141 Å². The van der Waals surface area contributed by atoms with Gasteiger partial charge in [0.15, 0.2) is 0 Å². The lowest BCUT2D eigenvalue weighted by Gasteiger charge is -2.08. The summed E-state index contributed by atoms with van der Waals surface area (Å²) < 4.78 is 10.5. The van der Waals surface area contributed by atoms with Gasteiger partial charge < -0.3 is 9.47 Å². The lowest BCUT2D eigenvalue weighted by Crippen LogP contribution is -2.07. The first-order valence-electron chi connectivity index (χ1n) is 7.63. The topological polar surface area (TPSA) is 35.5 Å². The van der Waals surface area contributed by atoms with Crippen LogP contribution in [0.1, 0.15) is 6.92 Å². The predicted molar refractivity (Wildman–Crippen MR) is 96.4 cm³/mol. The molecule has 3 aromatic rings. The first-order valence-corrected chi connectivity index (χ1v) is 7.63. The summed E-state index contributed by atoms with van der Waals surface area (Å²) in [6.45, 7) is 5.22. The monoisotopic (exact) mass is 318 g/mol. The van der Waals surface area contributed by atoms with Gasteiger partial charge in [-0.3, -0.25) is 0 Å². The first-order chi connectivity index (χ1) is 11.6. The van der Waals surface area contributed by atoms with E-state index in [0.29, 0.717) is 11.3 Å². The van der Waals surface area contributed by atoms with Crippen LogP contribution in [-0.4, -0.2) is 13.1 Å². The molecule has 0 N–H and O–H groups in total. The molecule has 0 fully saturated rings. The van der Waals surface area contributed by atoms with Crippen LogP contribution in [0.25, 0.3) is 21.9 Å². The quantitative estimate of drug-likeness (QED) is 0.386. The van der Waals surface area contributed by atoms with E-state index in [2.05, 4.69) is 18.7 Å². The maximum atomic E-state index is 11.6. The molecule has 3 nitrogen and oxygen atoms in total. The second-order valence-electron chi connectivity index (χ2n) is 5.62. The highest BCUT2D eigenvalue weighted by atomic mass is 16.5. The third kappa shape index (κ3) is 3.30. The van der Waals surface area contributed by atoms with Crippen molar-refractivity contribution in [1.29, 1.82) is 0 Å². The lowest BCUT2D eigenvalue weighted by atomic mass is 10.0. The average molecular weight is 318 g/mol. The minimum absolute atomic E-state index is 0.380. The van der Waals surface area contributed by atoms with E-state index in [0.717, 1.165) is 27.6 Å². The zero-order valence-corrected chi connectivity index (χ0v) is 13.7. The smallest absolute Gasteiger partial charge is 0.338 e. The number of esters is 1. The van der Waals surface area contributed by atoms with Crippen molar-refractivity contribution < 1.29 is 14.3 Å². The Morgan fingerprint density at radius 2 is 1.42 bits per heavy atom. The summed E-state index contributed by atoms with van der Waals surface area (Å²) in [6, 6.07) is 19.7. The molecule has 120 valence electrons. The summed E-state index contributed by atoms with van der Waals surface area (Å²) in [5, 5.41) is 2.10. The number of hydrogen-bond acceptors (Lipinski definition) is 3. The third-order valence-corrected chi connectivity index (χ3v) is 3.79. The number of hydrogen-bond donors (Lipinski definition) is 0. The highest BCUT2D eigenvalue weighted by molar-refractivity contribution is 5.91. The molecule has 24 heavy (non-hydrogen) atoms. The molecule has 0 aliphatic carbocycles. The molecule has 0 atom stereocenters. The van der Waals surface area contributed by atoms with Gasteiger partial charge in [-0.25, -0.2) is 4.79 Å². The van der Waals surface area contributed by atoms with Crippen molar-refractivity contribution in [3.05, 3.63) is 72.8 Å². The van der Waals surface area contributed by atoms with E-state index in [4.69, 9.17) is 9.47 Å². The van der Waals surface area contributed by atoms with Gasteiger partial charge in [0.25, 0.3) is 0 Å². The van der Waals surface area contributed by atoms with Crippen molar-refractivity contribution in [2.75, 3.05) is 7.11 Å². The number of benzene rings is 3. The molecule has 0 spiro atoms. The van der Waals surface area contributed by atoms with Gasteiger partial charge >= 0.3 is 5.97 Å². The highest BCUT2D eigenvalue weighted by Gasteiger charge is 2.07. The van der Waals surface area contributed by atoms with E-state index >= 15 is 0 Å². The van der Waals surface area contributed by atoms with Gasteiger partial charge in [0.05, 0.1) is 7.11 Å². The summed E-state index contributed by atoms with van der Waals surface area (Å²) in [6.07, 6.45) is 0. The summed E-state index contributed by atoms with van der Waals surface area (Å²) in [4.78, 5) is 11.6. The molecule has 0 heterocycles. The molecule has 3 aromatic carbocycles. The Kier molecular flexibility index (Phi) is 4.34. The first kappa shape index (κ1) is 15.8. The van der Waals surface area contributed by atoms with Crippen LogP contribution in [0.5, 0.6) is 11.5 Å². The van der Waals surface area contributed by atoms with Gasteiger partial charge in [-0.1, -0.05) is 36.9 Å². The van der Waals surface area contributed by atoms with Crippen molar-refractivity contribution in [2.24, 2.45) is 0 Å². The predicted octanol–water partition coefficient (Wildman–Crippen LogP) is 5.00. The standard InChI is InChI=1S/C21H18O3/c1-14(2)21(22)24-20-11-8-17-12-16(4-5-18(17)13-20)15-6-9-19(23-3)10-7-15/h4-13H,1H2,2-3H3. The maximum absolute atomic E-state index is 11.6. The zero-order valence-electron chi connectivity index (χ0n) is 13.7. The molecule has 0 bridgehead atoms. The van der Waals surface area contributed by atoms with Crippen LogP contribution in [0.4, 0.5) is 0 Å². The van der Waals surface area contributed by atoms with E-state index in [1.807, 2.05) is 42.5 Å². The van der Waals surface area contributed by atoms with E-state index in [1.54, 1.807) is 20.1 Å². The van der Waals surface area contributed by atoms with Crippen molar-refractivity contribution in [2.45, 2.75) is 6.92 Å². The summed E-state index contributed by atoms with van der Waals surface area (Å²) in [7, 11) is 1.66. The Morgan fingerprint density at radius 3 is 2.08 bits per heavy atom. The molecule has 0 saturated carbocycles. The van der Waals surface area contributed by atoms with E-state index < -0.39 is 5.97 Å². The van der Waals surface area contributed by atoms with Crippen LogP contribution in [0.3, 0.4) is 0 Å². The van der Waals surface area contributed by atoms with Crippen molar-refractivity contribution in [1.82, 2.24) is 0 Å². The van der Waals surface area contributed by atoms with Crippen molar-refractivity contribution in [3.8, 4) is 22.6 Å². The summed E-state index contributed by atoms with van der Waals surface area (Å²) >= 11 is 0. The fourth-order valence-electron chi connectivity index (χ4n) is 2.44. The number of fused-ring (bicyclic) bond motifs is 1. The number of rotatable bonds is 4. The molecule has 0 saturated heterocycles. The number of methoxy groups -OCH3 is 1. The van der Waals surface area contributed by atoms with Gasteiger partial charge in [-0.15, -0.1) is 0 Å². The van der Waals surface area contributed by atoms with Gasteiger partial charge in [0.1, 0.15) is 11.5 Å². The molecular weight excluding hydrogens is 300 g/mol. The van der Waals surface area contributed by atoms with E-state index in [-0.39, 0.29) is 0 Å². The van der Waals surface area contributed by atoms with Gasteiger partial charge in [-0.2, -0.15) is 0 Å². The van der Waals surface area contributed by atoms with Crippen LogP contribution in [-0.2, 0) is 4.79 Å². The number of carbonyl (C=O) groups is 1. The van der Waals surface area contributed by atoms with Crippen LogP contribution in [0.2, 0.25) is 0 Å². The number of ether oxygens (including phenoxy) is 2. The fraction of sp³-hybridized carbons (Fsp3) is 0.0952. The Hall–Kier alpha value is -3.07. The molecule has 0 aromatic heterocycles. The summed E-state index contributed by atoms with van der Waals surface area (Å²) in [5.41, 5.74) is 2.62. The average Bonchev–Trinajstić information content (AvgIpc) is 2.61. The van der Waals surface area contributed by atoms with Gasteiger partial charge in [0.2, 0.25) is 0 Å². The van der Waals surface area contributed by atoms with Crippen molar-refractivity contribution >= 4 is 16.7 Å². The Bertz CT molecular complexity index is 908. The van der Waals surface area contributed by atoms with E-state index in [9.17, 15) is 4.79 Å². The minimum atomic E-state index is -0.413. The maximum Gasteiger partial charge on any atom is 0.338 e. The molecule has 0 aliphatic heterocycles. The molecule has 0 unspecified atom stereocenters. The third-order valence-electron chi connectivity index (χ3n) is 3.79. The lowest BCUT2D eigenvalue weighted by molar-refractivity contribution is -0.130. The van der Waals surface area contributed by atoms with Crippen LogP contribution >= 0.6 is 0 Å². The van der Waals surface area contributed by atoms with Crippen LogP contribution in [0, 0.1) is 0 Å². The second kappa shape index (κ2) is 6.59. The molecular formula is C21H18O3. The zero-order chi connectivity index (χ0) is 17.1. The number of carbonyl (C=O) groups excluding carboxylic acids is 1. The van der Waals surface area contributed by atoms with Crippen LogP contribution < -0.4 is 9.47 Å². The normalized spacial score (nSPS) is 10.4. The Balaban J connectivity index is 1.91. The van der Waals surface area contributed by atoms with Gasteiger partial charge in [-0.05, 0) is 59.2 Å². The molecule has 3 rings (SSSR count). The van der Waals surface area contributed by atoms with Crippen LogP contribution in [0.15, 0.2) is 72.8 Å². The second-order valence-corrected chi connectivity index (χ2v) is 5.62. The molecule has 0 aliphatic rings. The van der Waals surface area contributed by atoms with Gasteiger partial charge in [0, 0.05) is 5.57 Å². The summed E-state index contributed by atoms with van der Waals surface area (Å²) in [5.74, 6) is 0.945. The highest BCUT2D eigenvalue weighted by Crippen LogP contribution is 2.28. The SMILES string of the molecule is C=C(C)C(=O)Oc1ccc2cc(-c3ccc(OC)cc3)ccc2c1. The largest absolute Gasteiger partial charge is 0.497 e. The molecule has 0 radical (unpaired) electrons. The fourth-order valence-corrected chi connectivity index (χ4v) is 2.44. The molecule has 3 heteroatoms. The molecule has 0 amide bonds. The Morgan fingerprint density at radius 1 is 0.833 bits per heavy atom. The minimum Gasteiger partial charge on any atom is -0.497 e. The van der Waals surface area contributed by atoms with Crippen molar-refractivity contribution in [3.63, 3.8) is 0 Å². The van der Waals surface area contributed by atoms with E-state index in [1.165, 1.54) is 0 Å².